The highest BCUT2D eigenvalue weighted by Gasteiger charge is 2.11. The zero-order valence-corrected chi connectivity index (χ0v) is 13.1. The van der Waals surface area contributed by atoms with Crippen molar-refractivity contribution in [1.82, 2.24) is 0 Å². The zero-order chi connectivity index (χ0) is 15.4. The maximum atomic E-state index is 13.3. The summed E-state index contributed by atoms with van der Waals surface area (Å²) in [7, 11) is 1.97. The van der Waals surface area contributed by atoms with Gasteiger partial charge in [-0.1, -0.05) is 29.8 Å². The van der Waals surface area contributed by atoms with Crippen LogP contribution in [0.4, 0.5) is 10.1 Å². The number of halogens is 2. The molecule has 2 aromatic carbocycles. The van der Waals surface area contributed by atoms with Crippen molar-refractivity contribution in [2.75, 3.05) is 11.9 Å². The summed E-state index contributed by atoms with van der Waals surface area (Å²) in [6.07, 6.45) is 0.778. The molecule has 2 rings (SSSR count). The van der Waals surface area contributed by atoms with E-state index in [2.05, 4.69) is 4.90 Å². The molecule has 112 valence electrons. The Morgan fingerprint density at radius 3 is 2.67 bits per heavy atom. The van der Waals surface area contributed by atoms with E-state index in [1.165, 1.54) is 6.07 Å². The lowest BCUT2D eigenvalue weighted by molar-refractivity contribution is 0.625. The number of nitrogens with zero attached hydrogens (tertiary/aromatic N) is 1. The van der Waals surface area contributed by atoms with E-state index in [1.54, 1.807) is 12.1 Å². The Morgan fingerprint density at radius 1 is 1.24 bits per heavy atom. The summed E-state index contributed by atoms with van der Waals surface area (Å²) in [6.45, 7) is 2.59. The average molecular weight is 307 g/mol. The van der Waals surface area contributed by atoms with E-state index >= 15 is 0 Å². The van der Waals surface area contributed by atoms with Gasteiger partial charge in [0, 0.05) is 30.3 Å². The number of hydrogen-bond acceptors (Lipinski definition) is 2. The van der Waals surface area contributed by atoms with Crippen molar-refractivity contribution in [2.45, 2.75) is 25.9 Å². The third-order valence-corrected chi connectivity index (χ3v) is 3.54. The van der Waals surface area contributed by atoms with Gasteiger partial charge in [-0.15, -0.1) is 0 Å². The van der Waals surface area contributed by atoms with Crippen LogP contribution >= 0.6 is 11.6 Å². The second-order valence-electron chi connectivity index (χ2n) is 5.44. The lowest BCUT2D eigenvalue weighted by Crippen LogP contribution is -2.22. The van der Waals surface area contributed by atoms with E-state index in [4.69, 9.17) is 17.3 Å². The predicted octanol–water partition coefficient (Wildman–Crippen LogP) is 4.01. The molecule has 2 N–H and O–H groups in total. The van der Waals surface area contributed by atoms with E-state index < -0.39 is 0 Å². The molecular weight excluding hydrogens is 287 g/mol. The van der Waals surface area contributed by atoms with Gasteiger partial charge >= 0.3 is 0 Å². The smallest absolute Gasteiger partial charge is 0.123 e. The van der Waals surface area contributed by atoms with E-state index in [1.807, 2.05) is 38.2 Å². The van der Waals surface area contributed by atoms with Gasteiger partial charge in [-0.2, -0.15) is 0 Å². The summed E-state index contributed by atoms with van der Waals surface area (Å²) in [6, 6.07) is 12.5. The van der Waals surface area contributed by atoms with Gasteiger partial charge in [-0.3, -0.25) is 0 Å². The number of benzene rings is 2. The first-order chi connectivity index (χ1) is 9.95. The van der Waals surface area contributed by atoms with Crippen LogP contribution in [0.2, 0.25) is 5.02 Å². The molecule has 0 aliphatic rings. The molecule has 0 bridgehead atoms. The molecule has 0 aromatic heterocycles. The van der Waals surface area contributed by atoms with Crippen LogP contribution in [0.3, 0.4) is 0 Å². The Balaban J connectivity index is 2.25. The van der Waals surface area contributed by atoms with Gasteiger partial charge < -0.3 is 10.6 Å². The summed E-state index contributed by atoms with van der Waals surface area (Å²) in [5, 5.41) is 0.685. The summed E-state index contributed by atoms with van der Waals surface area (Å²) in [4.78, 5) is 2.07. The van der Waals surface area contributed by atoms with Crippen LogP contribution < -0.4 is 10.6 Å². The molecule has 0 amide bonds. The van der Waals surface area contributed by atoms with E-state index in [-0.39, 0.29) is 11.9 Å². The van der Waals surface area contributed by atoms with Crippen LogP contribution in [0.15, 0.2) is 42.5 Å². The third-order valence-electron chi connectivity index (χ3n) is 3.31. The topological polar surface area (TPSA) is 29.3 Å². The maximum absolute atomic E-state index is 13.3. The monoisotopic (exact) mass is 306 g/mol. The standard InChI is InChI=1S/C17H20ClFN2/c1-12(20)8-14-6-7-15(18)10-17(14)21(2)11-13-4-3-5-16(19)9-13/h3-7,9-10,12H,8,11,20H2,1-2H3. The highest BCUT2D eigenvalue weighted by atomic mass is 35.5. The van der Waals surface area contributed by atoms with Crippen molar-refractivity contribution in [3.63, 3.8) is 0 Å². The van der Waals surface area contributed by atoms with Crippen LogP contribution in [0.1, 0.15) is 18.1 Å². The Kier molecular flexibility index (Phi) is 5.21. The molecule has 2 aromatic rings. The predicted molar refractivity (Wildman–Crippen MR) is 87.3 cm³/mol. The van der Waals surface area contributed by atoms with Gasteiger partial charge in [0.2, 0.25) is 0 Å². The lowest BCUT2D eigenvalue weighted by Gasteiger charge is -2.24. The minimum atomic E-state index is -0.220. The van der Waals surface area contributed by atoms with Crippen molar-refractivity contribution in [2.24, 2.45) is 5.73 Å². The summed E-state index contributed by atoms with van der Waals surface area (Å²) < 4.78 is 13.3. The first-order valence-corrected chi connectivity index (χ1v) is 7.33. The fraction of sp³-hybridized carbons (Fsp3) is 0.294. The molecule has 0 spiro atoms. The van der Waals surface area contributed by atoms with Gasteiger partial charge in [0.1, 0.15) is 5.82 Å². The number of nitrogens with two attached hydrogens (primary N) is 1. The van der Waals surface area contributed by atoms with Crippen molar-refractivity contribution in [3.8, 4) is 0 Å². The molecule has 21 heavy (non-hydrogen) atoms. The molecular formula is C17H20ClFN2. The number of anilines is 1. The van der Waals surface area contributed by atoms with Gasteiger partial charge in [0.05, 0.1) is 0 Å². The molecule has 0 aliphatic heterocycles. The fourth-order valence-electron chi connectivity index (χ4n) is 2.41. The van der Waals surface area contributed by atoms with E-state index in [0.717, 1.165) is 23.2 Å². The van der Waals surface area contributed by atoms with Gasteiger partial charge in [-0.25, -0.2) is 4.39 Å². The summed E-state index contributed by atoms with van der Waals surface area (Å²) in [5.41, 5.74) is 9.00. The molecule has 4 heteroatoms. The normalized spacial score (nSPS) is 12.2. The maximum Gasteiger partial charge on any atom is 0.123 e. The van der Waals surface area contributed by atoms with Crippen LogP contribution in [0, 0.1) is 5.82 Å². The van der Waals surface area contributed by atoms with Crippen LogP contribution in [-0.4, -0.2) is 13.1 Å². The second-order valence-corrected chi connectivity index (χ2v) is 5.88. The Hall–Kier alpha value is -1.58. The van der Waals surface area contributed by atoms with E-state index in [9.17, 15) is 4.39 Å². The first kappa shape index (κ1) is 15.8. The quantitative estimate of drug-likeness (QED) is 0.904. The molecule has 0 saturated carbocycles. The van der Waals surface area contributed by atoms with Gasteiger partial charge in [0.15, 0.2) is 0 Å². The molecule has 1 unspecified atom stereocenters. The third kappa shape index (κ3) is 4.45. The molecule has 0 fully saturated rings. The molecule has 0 aliphatic carbocycles. The zero-order valence-electron chi connectivity index (χ0n) is 12.3. The molecule has 2 nitrogen and oxygen atoms in total. The number of rotatable bonds is 5. The highest BCUT2D eigenvalue weighted by Crippen LogP contribution is 2.26. The average Bonchev–Trinajstić information content (AvgIpc) is 2.40. The SMILES string of the molecule is CC(N)Cc1ccc(Cl)cc1N(C)Cc1cccc(F)c1. The van der Waals surface area contributed by atoms with Gasteiger partial charge in [0.25, 0.3) is 0 Å². The molecule has 0 heterocycles. The first-order valence-electron chi connectivity index (χ1n) is 6.95. The Labute approximate surface area is 130 Å². The van der Waals surface area contributed by atoms with Crippen molar-refractivity contribution < 1.29 is 4.39 Å². The second kappa shape index (κ2) is 6.92. The molecule has 0 saturated heterocycles. The van der Waals surface area contributed by atoms with Crippen LogP contribution in [0.25, 0.3) is 0 Å². The van der Waals surface area contributed by atoms with Gasteiger partial charge in [-0.05, 0) is 48.7 Å². The lowest BCUT2D eigenvalue weighted by atomic mass is 10.0. The molecule has 0 radical (unpaired) electrons. The highest BCUT2D eigenvalue weighted by molar-refractivity contribution is 6.30. The minimum Gasteiger partial charge on any atom is -0.370 e. The summed E-state index contributed by atoms with van der Waals surface area (Å²) >= 11 is 6.11. The van der Waals surface area contributed by atoms with Crippen LogP contribution in [0.5, 0.6) is 0 Å². The van der Waals surface area contributed by atoms with Crippen molar-refractivity contribution in [1.29, 1.82) is 0 Å². The largest absolute Gasteiger partial charge is 0.370 e. The Bertz CT molecular complexity index is 613. The van der Waals surface area contributed by atoms with Crippen molar-refractivity contribution >= 4 is 17.3 Å². The Morgan fingerprint density at radius 2 is 2.00 bits per heavy atom. The minimum absolute atomic E-state index is 0.0764. The van der Waals surface area contributed by atoms with E-state index in [0.29, 0.717) is 11.6 Å². The number of hydrogen-bond donors (Lipinski definition) is 1. The van der Waals surface area contributed by atoms with Crippen LogP contribution in [-0.2, 0) is 13.0 Å². The van der Waals surface area contributed by atoms with Crippen molar-refractivity contribution in [3.05, 3.63) is 64.4 Å². The fourth-order valence-corrected chi connectivity index (χ4v) is 2.57. The summed E-state index contributed by atoms with van der Waals surface area (Å²) in [5.74, 6) is -0.220. The molecule has 1 atom stereocenters.